The zero-order valence-corrected chi connectivity index (χ0v) is 21.9. The topological polar surface area (TPSA) is 168 Å². The van der Waals surface area contributed by atoms with E-state index in [-0.39, 0.29) is 24.4 Å². The summed E-state index contributed by atoms with van der Waals surface area (Å²) in [6.07, 6.45) is 2.78. The molecule has 0 aliphatic carbocycles. The number of carboxylic acids is 1. The van der Waals surface area contributed by atoms with E-state index in [4.69, 9.17) is 0 Å². The Morgan fingerprint density at radius 3 is 2.14 bits per heavy atom. The van der Waals surface area contributed by atoms with Crippen molar-refractivity contribution in [1.29, 1.82) is 0 Å². The summed E-state index contributed by atoms with van der Waals surface area (Å²) in [6, 6.07) is -4.34. The number of hydrogen-bond donors (Lipinski definition) is 5. The molecular formula is C25H41N5O7. The molecule has 208 valence electrons. The van der Waals surface area contributed by atoms with Crippen molar-refractivity contribution in [3.05, 3.63) is 0 Å². The molecule has 0 saturated carbocycles. The monoisotopic (exact) mass is 523 g/mol. The van der Waals surface area contributed by atoms with Crippen molar-refractivity contribution in [3.63, 3.8) is 0 Å². The van der Waals surface area contributed by atoms with Gasteiger partial charge in [0.25, 0.3) is 0 Å². The van der Waals surface area contributed by atoms with Crippen LogP contribution < -0.4 is 16.0 Å². The van der Waals surface area contributed by atoms with Crippen molar-refractivity contribution in [2.45, 2.75) is 102 Å². The van der Waals surface area contributed by atoms with E-state index in [0.29, 0.717) is 45.1 Å². The van der Waals surface area contributed by atoms with Crippen molar-refractivity contribution < 1.29 is 34.2 Å². The molecule has 3 heterocycles. The fraction of sp³-hybridized carbons (Fsp3) is 0.800. The minimum atomic E-state index is -1.32. The fourth-order valence-corrected chi connectivity index (χ4v) is 5.44. The molecule has 0 radical (unpaired) electrons. The van der Waals surface area contributed by atoms with Crippen LogP contribution in [0.4, 0.5) is 0 Å². The number of aliphatic hydroxyl groups is 1. The summed E-state index contributed by atoms with van der Waals surface area (Å²) in [5.74, 6) is -3.16. The van der Waals surface area contributed by atoms with E-state index < -0.39 is 54.0 Å². The van der Waals surface area contributed by atoms with Gasteiger partial charge in [-0.3, -0.25) is 19.2 Å². The lowest BCUT2D eigenvalue weighted by atomic mass is 9.97. The number of hydrogen-bond acceptors (Lipinski definition) is 7. The number of rotatable bonds is 10. The third kappa shape index (κ3) is 6.59. The van der Waals surface area contributed by atoms with Crippen LogP contribution in [0.2, 0.25) is 0 Å². The highest BCUT2D eigenvalue weighted by molar-refractivity contribution is 5.96. The summed E-state index contributed by atoms with van der Waals surface area (Å²) in [7, 11) is 0. The molecule has 0 aromatic heterocycles. The molecule has 12 nitrogen and oxygen atoms in total. The average molecular weight is 524 g/mol. The van der Waals surface area contributed by atoms with Gasteiger partial charge in [-0.05, 0) is 57.9 Å². The largest absolute Gasteiger partial charge is 0.480 e. The molecule has 0 bridgehead atoms. The van der Waals surface area contributed by atoms with Gasteiger partial charge in [0.15, 0.2) is 0 Å². The zero-order chi connectivity index (χ0) is 27.3. The van der Waals surface area contributed by atoms with Gasteiger partial charge in [-0.1, -0.05) is 20.3 Å². The summed E-state index contributed by atoms with van der Waals surface area (Å²) >= 11 is 0. The molecular weight excluding hydrogens is 482 g/mol. The van der Waals surface area contributed by atoms with E-state index in [1.807, 2.05) is 13.8 Å². The van der Waals surface area contributed by atoms with Crippen LogP contribution >= 0.6 is 0 Å². The van der Waals surface area contributed by atoms with Crippen molar-refractivity contribution in [2.24, 2.45) is 5.92 Å². The summed E-state index contributed by atoms with van der Waals surface area (Å²) in [5, 5.41) is 28.4. The molecule has 0 aromatic rings. The predicted octanol–water partition coefficient (Wildman–Crippen LogP) is -0.798. The number of nitrogens with one attached hydrogen (secondary N) is 3. The summed E-state index contributed by atoms with van der Waals surface area (Å²) < 4.78 is 0. The third-order valence-electron chi connectivity index (χ3n) is 7.86. The van der Waals surface area contributed by atoms with Gasteiger partial charge in [0.1, 0.15) is 24.2 Å². The van der Waals surface area contributed by atoms with Crippen molar-refractivity contribution in [3.8, 4) is 0 Å². The predicted molar refractivity (Wildman–Crippen MR) is 133 cm³/mol. The molecule has 3 aliphatic heterocycles. The second-order valence-electron chi connectivity index (χ2n) is 10.5. The van der Waals surface area contributed by atoms with Crippen LogP contribution in [0.5, 0.6) is 0 Å². The van der Waals surface area contributed by atoms with E-state index in [9.17, 15) is 34.2 Å². The van der Waals surface area contributed by atoms with Crippen LogP contribution in [0, 0.1) is 5.92 Å². The van der Waals surface area contributed by atoms with E-state index in [0.717, 1.165) is 13.0 Å². The van der Waals surface area contributed by atoms with Crippen molar-refractivity contribution >= 4 is 29.6 Å². The second kappa shape index (κ2) is 12.7. The van der Waals surface area contributed by atoms with Gasteiger partial charge in [-0.25, -0.2) is 4.79 Å². The summed E-state index contributed by atoms with van der Waals surface area (Å²) in [5.41, 5.74) is 0. The smallest absolute Gasteiger partial charge is 0.326 e. The first-order chi connectivity index (χ1) is 17.6. The Hall–Kier alpha value is -2.73. The molecule has 3 fully saturated rings. The van der Waals surface area contributed by atoms with Gasteiger partial charge in [-0.15, -0.1) is 0 Å². The second-order valence-corrected chi connectivity index (χ2v) is 10.5. The maximum Gasteiger partial charge on any atom is 0.326 e. The molecule has 0 aromatic carbocycles. The van der Waals surface area contributed by atoms with Gasteiger partial charge in [0.05, 0.1) is 12.1 Å². The Kier molecular flexibility index (Phi) is 9.88. The first-order valence-corrected chi connectivity index (χ1v) is 13.4. The maximum absolute atomic E-state index is 13.5. The number of nitrogens with zero attached hydrogens (tertiary/aromatic N) is 2. The van der Waals surface area contributed by atoms with Crippen LogP contribution in [-0.2, 0) is 24.0 Å². The van der Waals surface area contributed by atoms with Crippen molar-refractivity contribution in [2.75, 3.05) is 19.6 Å². The fourth-order valence-electron chi connectivity index (χ4n) is 5.44. The number of carboxylic acid groups (broad SMARTS) is 1. The highest BCUT2D eigenvalue weighted by Gasteiger charge is 2.44. The SMILES string of the molecule is CC[C@H](C)[C@H](NC(=O)[C@@H]1CCCN1)C(=O)N[C@H](C(=O)N1CCC[C@H]1C(=O)N1CCC[C@H]1C(=O)O)[C@@H](C)O. The Morgan fingerprint density at radius 1 is 0.919 bits per heavy atom. The lowest BCUT2D eigenvalue weighted by molar-refractivity contribution is -0.153. The normalized spacial score (nSPS) is 26.9. The Balaban J connectivity index is 1.72. The third-order valence-corrected chi connectivity index (χ3v) is 7.86. The number of aliphatic hydroxyl groups excluding tert-OH is 1. The van der Waals surface area contributed by atoms with Gasteiger partial charge in [-0.2, -0.15) is 0 Å². The standard InChI is InChI=1S/C25H41N5O7/c1-4-14(2)19(27-21(32)16-8-5-11-26-16)22(33)28-20(15(3)31)24(35)29-12-6-9-17(29)23(34)30-13-7-10-18(30)25(36)37/h14-20,26,31H,4-13H2,1-3H3,(H,27,32)(H,28,33)(H,36,37)/t14-,15+,16-,17-,18-,19-,20-/m0/s1. The Morgan fingerprint density at radius 2 is 1.57 bits per heavy atom. The maximum atomic E-state index is 13.5. The van der Waals surface area contributed by atoms with Crippen LogP contribution in [0.1, 0.15) is 65.7 Å². The Labute approximate surface area is 217 Å². The number of amides is 4. The lowest BCUT2D eigenvalue weighted by Gasteiger charge is -2.34. The van der Waals surface area contributed by atoms with Crippen LogP contribution in [0.25, 0.3) is 0 Å². The number of aliphatic carboxylic acids is 1. The molecule has 4 amide bonds. The van der Waals surface area contributed by atoms with E-state index in [1.54, 1.807) is 0 Å². The van der Waals surface area contributed by atoms with Crippen LogP contribution in [0.3, 0.4) is 0 Å². The average Bonchev–Trinajstić information content (AvgIpc) is 3.65. The van der Waals surface area contributed by atoms with Crippen molar-refractivity contribution in [1.82, 2.24) is 25.8 Å². The highest BCUT2D eigenvalue weighted by Crippen LogP contribution is 2.26. The van der Waals surface area contributed by atoms with Crippen LogP contribution in [0.15, 0.2) is 0 Å². The molecule has 3 rings (SSSR count). The van der Waals surface area contributed by atoms with Gasteiger partial charge < -0.3 is 36.0 Å². The zero-order valence-electron chi connectivity index (χ0n) is 21.9. The molecule has 5 N–H and O–H groups in total. The summed E-state index contributed by atoms with van der Waals surface area (Å²) in [4.78, 5) is 67.0. The number of carbonyl (C=O) groups excluding carboxylic acids is 4. The van der Waals surface area contributed by atoms with Crippen LogP contribution in [-0.4, -0.2) is 106 Å². The van der Waals surface area contributed by atoms with Gasteiger partial charge in [0, 0.05) is 13.1 Å². The molecule has 12 heteroatoms. The minimum Gasteiger partial charge on any atom is -0.480 e. The number of carbonyl (C=O) groups is 5. The Bertz CT molecular complexity index is 875. The quantitative estimate of drug-likeness (QED) is 0.248. The van der Waals surface area contributed by atoms with E-state index in [2.05, 4.69) is 16.0 Å². The van der Waals surface area contributed by atoms with E-state index in [1.165, 1.54) is 16.7 Å². The summed E-state index contributed by atoms with van der Waals surface area (Å²) in [6.45, 7) is 6.42. The minimum absolute atomic E-state index is 0.223. The molecule has 0 unspecified atom stereocenters. The molecule has 3 saturated heterocycles. The molecule has 0 spiro atoms. The first-order valence-electron chi connectivity index (χ1n) is 13.4. The lowest BCUT2D eigenvalue weighted by Crippen LogP contribution is -2.61. The highest BCUT2D eigenvalue weighted by atomic mass is 16.4. The van der Waals surface area contributed by atoms with Gasteiger partial charge >= 0.3 is 5.97 Å². The molecule has 37 heavy (non-hydrogen) atoms. The van der Waals surface area contributed by atoms with E-state index >= 15 is 0 Å². The molecule has 3 aliphatic rings. The number of likely N-dealkylation sites (tertiary alicyclic amines) is 2. The molecule has 7 atom stereocenters. The first kappa shape index (κ1) is 28.8. The van der Waals surface area contributed by atoms with Gasteiger partial charge in [0.2, 0.25) is 23.6 Å².